The van der Waals surface area contributed by atoms with Crippen LogP contribution in [0.15, 0.2) is 12.7 Å². The fourth-order valence-corrected chi connectivity index (χ4v) is 1.13. The first-order chi connectivity index (χ1) is 4.74. The van der Waals surface area contributed by atoms with Gasteiger partial charge in [0.25, 0.3) is 0 Å². The average molecular weight is 139 g/mol. The highest BCUT2D eigenvalue weighted by molar-refractivity contribution is 5.79. The molecule has 1 amide bonds. The van der Waals surface area contributed by atoms with Gasteiger partial charge in [-0.15, -0.1) is 6.58 Å². The van der Waals surface area contributed by atoms with Gasteiger partial charge in [0.1, 0.15) is 0 Å². The first kappa shape index (κ1) is 7.32. The fourth-order valence-electron chi connectivity index (χ4n) is 1.13. The smallest absolute Gasteiger partial charge is 0.223 e. The lowest BCUT2D eigenvalue weighted by Crippen LogP contribution is -2.41. The topological polar surface area (TPSA) is 29.1 Å². The molecule has 0 radical (unpaired) electrons. The highest BCUT2D eigenvalue weighted by Gasteiger charge is 2.21. The first-order valence-corrected chi connectivity index (χ1v) is 3.67. The molecule has 0 aromatic rings. The molecule has 1 aliphatic heterocycles. The van der Waals surface area contributed by atoms with Gasteiger partial charge in [-0.1, -0.05) is 13.0 Å². The second kappa shape index (κ2) is 2.86. The van der Waals surface area contributed by atoms with Crippen molar-refractivity contribution < 1.29 is 4.79 Å². The summed E-state index contributed by atoms with van der Waals surface area (Å²) >= 11 is 0. The normalized spacial score (nSPS) is 33.1. The van der Waals surface area contributed by atoms with Crippen molar-refractivity contribution in [3.8, 4) is 0 Å². The number of nitrogens with one attached hydrogen (secondary N) is 1. The number of piperidine rings is 1. The van der Waals surface area contributed by atoms with Crippen LogP contribution in [0.25, 0.3) is 0 Å². The van der Waals surface area contributed by atoms with E-state index in [4.69, 9.17) is 0 Å². The van der Waals surface area contributed by atoms with Crippen LogP contribution in [0, 0.1) is 5.92 Å². The summed E-state index contributed by atoms with van der Waals surface area (Å²) in [5.74, 6) is 0.354. The van der Waals surface area contributed by atoms with Gasteiger partial charge in [-0.3, -0.25) is 4.79 Å². The van der Waals surface area contributed by atoms with E-state index in [2.05, 4.69) is 11.9 Å². The van der Waals surface area contributed by atoms with E-state index in [-0.39, 0.29) is 17.9 Å². The van der Waals surface area contributed by atoms with Crippen LogP contribution in [-0.4, -0.2) is 11.9 Å². The molecule has 0 aromatic heterocycles. The minimum absolute atomic E-state index is 0.163. The standard InChI is InChI=1S/C8H13NO/c1-3-7-5-4-6(2)8(10)9-7/h3,6-7H,1,4-5H2,2H3,(H,9,10). The Balaban J connectivity index is 2.48. The second-order valence-corrected chi connectivity index (χ2v) is 2.83. The number of carbonyl (C=O) groups is 1. The Bertz CT molecular complexity index is 153. The predicted octanol–water partition coefficient (Wildman–Crippen LogP) is 1.09. The maximum absolute atomic E-state index is 11.0. The Morgan fingerprint density at radius 2 is 2.40 bits per heavy atom. The average Bonchev–Trinajstić information content (AvgIpc) is 1.95. The monoisotopic (exact) mass is 139 g/mol. The van der Waals surface area contributed by atoms with Crippen LogP contribution < -0.4 is 5.32 Å². The minimum atomic E-state index is 0.163. The molecule has 1 heterocycles. The van der Waals surface area contributed by atoms with Gasteiger partial charge in [0.05, 0.1) is 0 Å². The van der Waals surface area contributed by atoms with Crippen molar-refractivity contribution in [1.29, 1.82) is 0 Å². The molecule has 1 N–H and O–H groups in total. The van der Waals surface area contributed by atoms with E-state index in [9.17, 15) is 4.79 Å². The van der Waals surface area contributed by atoms with E-state index in [1.165, 1.54) is 0 Å². The van der Waals surface area contributed by atoms with Crippen LogP contribution in [0.2, 0.25) is 0 Å². The van der Waals surface area contributed by atoms with Crippen LogP contribution in [0.1, 0.15) is 19.8 Å². The van der Waals surface area contributed by atoms with Gasteiger partial charge in [0, 0.05) is 12.0 Å². The maximum Gasteiger partial charge on any atom is 0.223 e. The summed E-state index contributed by atoms with van der Waals surface area (Å²) < 4.78 is 0. The van der Waals surface area contributed by atoms with Crippen molar-refractivity contribution in [2.24, 2.45) is 5.92 Å². The summed E-state index contributed by atoms with van der Waals surface area (Å²) in [6, 6.07) is 0.212. The summed E-state index contributed by atoms with van der Waals surface area (Å²) in [6.45, 7) is 5.58. The Kier molecular flexibility index (Phi) is 2.10. The van der Waals surface area contributed by atoms with Gasteiger partial charge in [-0.25, -0.2) is 0 Å². The molecule has 2 unspecified atom stereocenters. The van der Waals surface area contributed by atoms with Crippen LogP contribution in [0.3, 0.4) is 0 Å². The third-order valence-corrected chi connectivity index (χ3v) is 1.97. The number of rotatable bonds is 1. The second-order valence-electron chi connectivity index (χ2n) is 2.83. The molecule has 0 aliphatic carbocycles. The molecular formula is C8H13NO. The summed E-state index contributed by atoms with van der Waals surface area (Å²) in [5, 5.41) is 2.86. The summed E-state index contributed by atoms with van der Waals surface area (Å²) in [6.07, 6.45) is 3.82. The zero-order valence-electron chi connectivity index (χ0n) is 6.26. The van der Waals surface area contributed by atoms with E-state index in [0.717, 1.165) is 12.8 Å². The summed E-state index contributed by atoms with van der Waals surface area (Å²) in [4.78, 5) is 11.0. The number of carbonyl (C=O) groups excluding carboxylic acids is 1. The van der Waals surface area contributed by atoms with Gasteiger partial charge in [0.15, 0.2) is 0 Å². The molecule has 2 heteroatoms. The molecule has 0 saturated carbocycles. The lowest BCUT2D eigenvalue weighted by atomic mass is 9.96. The van der Waals surface area contributed by atoms with Gasteiger partial charge < -0.3 is 5.32 Å². The molecule has 0 bridgehead atoms. The van der Waals surface area contributed by atoms with Gasteiger partial charge in [0.2, 0.25) is 5.91 Å². The Labute approximate surface area is 61.3 Å². The third-order valence-electron chi connectivity index (χ3n) is 1.97. The van der Waals surface area contributed by atoms with Gasteiger partial charge >= 0.3 is 0 Å². The molecular weight excluding hydrogens is 126 g/mol. The number of hydrogen-bond donors (Lipinski definition) is 1. The Morgan fingerprint density at radius 1 is 1.70 bits per heavy atom. The van der Waals surface area contributed by atoms with E-state index in [0.29, 0.717) is 0 Å². The maximum atomic E-state index is 11.0. The predicted molar refractivity (Wildman–Crippen MR) is 40.5 cm³/mol. The van der Waals surface area contributed by atoms with Crippen molar-refractivity contribution >= 4 is 5.91 Å². The largest absolute Gasteiger partial charge is 0.350 e. The van der Waals surface area contributed by atoms with E-state index < -0.39 is 0 Å². The molecule has 2 nitrogen and oxygen atoms in total. The fraction of sp³-hybridized carbons (Fsp3) is 0.625. The molecule has 1 saturated heterocycles. The molecule has 0 spiro atoms. The first-order valence-electron chi connectivity index (χ1n) is 3.67. The Hall–Kier alpha value is -0.790. The van der Waals surface area contributed by atoms with Gasteiger partial charge in [-0.2, -0.15) is 0 Å². The molecule has 1 aliphatic rings. The molecule has 1 rings (SSSR count). The van der Waals surface area contributed by atoms with E-state index in [1.807, 2.05) is 6.92 Å². The van der Waals surface area contributed by atoms with E-state index >= 15 is 0 Å². The molecule has 10 heavy (non-hydrogen) atoms. The molecule has 1 fully saturated rings. The van der Waals surface area contributed by atoms with E-state index in [1.54, 1.807) is 6.08 Å². The highest BCUT2D eigenvalue weighted by atomic mass is 16.2. The molecule has 0 aromatic carbocycles. The number of hydrogen-bond acceptors (Lipinski definition) is 1. The number of amides is 1. The van der Waals surface area contributed by atoms with Crippen molar-refractivity contribution in [3.05, 3.63) is 12.7 Å². The third kappa shape index (κ3) is 1.38. The van der Waals surface area contributed by atoms with Crippen LogP contribution >= 0.6 is 0 Å². The van der Waals surface area contributed by atoms with Crippen molar-refractivity contribution in [3.63, 3.8) is 0 Å². The van der Waals surface area contributed by atoms with Crippen molar-refractivity contribution in [1.82, 2.24) is 5.32 Å². The molecule has 56 valence electrons. The summed E-state index contributed by atoms with van der Waals surface area (Å²) in [7, 11) is 0. The molecule has 2 atom stereocenters. The van der Waals surface area contributed by atoms with Crippen LogP contribution in [0.5, 0.6) is 0 Å². The quantitative estimate of drug-likeness (QED) is 0.541. The van der Waals surface area contributed by atoms with Crippen molar-refractivity contribution in [2.75, 3.05) is 0 Å². The summed E-state index contributed by atoms with van der Waals surface area (Å²) in [5.41, 5.74) is 0. The lowest BCUT2D eigenvalue weighted by molar-refractivity contribution is -0.126. The zero-order valence-corrected chi connectivity index (χ0v) is 6.26. The van der Waals surface area contributed by atoms with Crippen LogP contribution in [-0.2, 0) is 4.79 Å². The Morgan fingerprint density at radius 3 is 2.90 bits per heavy atom. The van der Waals surface area contributed by atoms with Crippen LogP contribution in [0.4, 0.5) is 0 Å². The van der Waals surface area contributed by atoms with Gasteiger partial charge in [-0.05, 0) is 12.8 Å². The van der Waals surface area contributed by atoms with Crippen molar-refractivity contribution in [2.45, 2.75) is 25.8 Å². The highest BCUT2D eigenvalue weighted by Crippen LogP contribution is 2.14. The zero-order chi connectivity index (χ0) is 7.56. The SMILES string of the molecule is C=CC1CCC(C)C(=O)N1. The minimum Gasteiger partial charge on any atom is -0.350 e. The lowest BCUT2D eigenvalue weighted by Gasteiger charge is -2.24.